The van der Waals surface area contributed by atoms with E-state index in [2.05, 4.69) is 67.8 Å². The van der Waals surface area contributed by atoms with Crippen molar-refractivity contribution in [2.45, 2.75) is 6.92 Å². The zero-order chi connectivity index (χ0) is 11.9. The zero-order valence-corrected chi connectivity index (χ0v) is 12.2. The maximum Gasteiger partial charge on any atom is 0.161 e. The molecule has 0 spiro atoms. The lowest BCUT2D eigenvalue weighted by atomic mass is 10.1. The average Bonchev–Trinajstić information content (AvgIpc) is 2.39. The largest absolute Gasteiger partial charge is 1.00 e. The van der Waals surface area contributed by atoms with E-state index >= 15 is 0 Å². The lowest BCUT2D eigenvalue weighted by Crippen LogP contribution is -3.00. The highest BCUT2D eigenvalue weighted by atomic mass is 79.9. The number of quaternary nitrogens is 1. The van der Waals surface area contributed by atoms with Crippen molar-refractivity contribution in [3.8, 4) is 0 Å². The summed E-state index contributed by atoms with van der Waals surface area (Å²) in [5.74, 6) is 0. The molecule has 1 aliphatic rings. The van der Waals surface area contributed by atoms with Crippen LogP contribution in [-0.2, 0) is 0 Å². The molecule has 1 N–H and O–H groups in total. The van der Waals surface area contributed by atoms with E-state index in [-0.39, 0.29) is 17.0 Å². The smallest absolute Gasteiger partial charge is 0.161 e. The Morgan fingerprint density at radius 2 is 1.33 bits per heavy atom. The summed E-state index contributed by atoms with van der Waals surface area (Å²) in [7, 11) is 2.28. The molecule has 0 unspecified atom stereocenters. The minimum absolute atomic E-state index is 0. The molecule has 0 radical (unpaired) electrons. The fourth-order valence-electron chi connectivity index (χ4n) is 2.63. The quantitative estimate of drug-likeness (QED) is 0.776. The third-order valence-corrected chi connectivity index (χ3v) is 3.77. The van der Waals surface area contributed by atoms with Gasteiger partial charge in [-0.2, -0.15) is 0 Å². The molecule has 18 heavy (non-hydrogen) atoms. The van der Waals surface area contributed by atoms with Gasteiger partial charge >= 0.3 is 0 Å². The highest BCUT2D eigenvalue weighted by Crippen LogP contribution is 2.47. The van der Waals surface area contributed by atoms with Gasteiger partial charge in [0.15, 0.2) is 11.4 Å². The molecular weight excluding hydrogens is 288 g/mol. The second-order valence-corrected chi connectivity index (χ2v) is 4.67. The van der Waals surface area contributed by atoms with Gasteiger partial charge in [-0.1, -0.05) is 24.3 Å². The first kappa shape index (κ1) is 13.1. The van der Waals surface area contributed by atoms with Crippen LogP contribution in [0.15, 0.2) is 48.5 Å². The Hall–Kier alpha value is -1.32. The molecule has 0 atom stereocenters. The fourth-order valence-corrected chi connectivity index (χ4v) is 2.63. The normalized spacial score (nSPS) is 14.8. The van der Waals surface area contributed by atoms with Crippen LogP contribution in [0.5, 0.6) is 0 Å². The van der Waals surface area contributed by atoms with Gasteiger partial charge < -0.3 is 22.3 Å². The third-order valence-electron chi connectivity index (χ3n) is 3.77. The van der Waals surface area contributed by atoms with Crippen LogP contribution in [-0.4, -0.2) is 13.6 Å². The number of benzene rings is 2. The summed E-state index contributed by atoms with van der Waals surface area (Å²) in [6, 6.07) is 17.1. The summed E-state index contributed by atoms with van der Waals surface area (Å²) in [6.07, 6.45) is 0. The van der Waals surface area contributed by atoms with E-state index in [4.69, 9.17) is 0 Å². The van der Waals surface area contributed by atoms with E-state index in [1.54, 1.807) is 0 Å². The zero-order valence-electron chi connectivity index (χ0n) is 10.7. The standard InChI is InChI=1S/C15H17N2.BrH/c1-3-17(2)14-10-6-4-8-12(14)16-13-9-5-7-11-15(13)17;/h4-11,16H,3H2,1-2H3;1H/q+1;/p-1. The highest BCUT2D eigenvalue weighted by molar-refractivity contribution is 5.88. The number of para-hydroxylation sites is 4. The van der Waals surface area contributed by atoms with Crippen LogP contribution < -0.4 is 26.8 Å². The van der Waals surface area contributed by atoms with Crippen molar-refractivity contribution in [3.63, 3.8) is 0 Å². The van der Waals surface area contributed by atoms with E-state index in [0.29, 0.717) is 0 Å². The molecule has 2 nitrogen and oxygen atoms in total. The van der Waals surface area contributed by atoms with E-state index in [1.807, 2.05) is 0 Å². The number of fused-ring (bicyclic) bond motifs is 2. The monoisotopic (exact) mass is 304 g/mol. The number of hydrogen-bond acceptors (Lipinski definition) is 1. The maximum atomic E-state index is 3.51. The second-order valence-electron chi connectivity index (χ2n) is 4.67. The summed E-state index contributed by atoms with van der Waals surface area (Å²) in [5.41, 5.74) is 5.12. The lowest BCUT2D eigenvalue weighted by Gasteiger charge is -2.38. The van der Waals surface area contributed by atoms with Crippen molar-refractivity contribution in [1.82, 2.24) is 4.48 Å². The van der Waals surface area contributed by atoms with Gasteiger partial charge in [-0.25, -0.2) is 0 Å². The van der Waals surface area contributed by atoms with Gasteiger partial charge in [-0.05, 0) is 19.1 Å². The van der Waals surface area contributed by atoms with Crippen molar-refractivity contribution >= 4 is 22.7 Å². The first-order valence-corrected chi connectivity index (χ1v) is 6.07. The minimum atomic E-state index is 0. The molecule has 0 aromatic heterocycles. The SMILES string of the molecule is CC[N+]1(C)c2ccccc2Nc2ccccc21.[Br-]. The molecule has 0 saturated heterocycles. The average molecular weight is 305 g/mol. The van der Waals surface area contributed by atoms with Gasteiger partial charge in [0.05, 0.1) is 13.6 Å². The molecule has 1 heterocycles. The summed E-state index contributed by atoms with van der Waals surface area (Å²) in [5, 5.41) is 3.51. The van der Waals surface area contributed by atoms with Gasteiger partial charge in [0, 0.05) is 12.1 Å². The van der Waals surface area contributed by atoms with Crippen LogP contribution in [0.4, 0.5) is 22.7 Å². The molecule has 0 amide bonds. The van der Waals surface area contributed by atoms with E-state index in [0.717, 1.165) is 11.0 Å². The first-order chi connectivity index (χ1) is 8.25. The van der Waals surface area contributed by atoms with Crippen molar-refractivity contribution < 1.29 is 17.0 Å². The predicted octanol–water partition coefficient (Wildman–Crippen LogP) is 1.04. The van der Waals surface area contributed by atoms with Crippen LogP contribution >= 0.6 is 0 Å². The molecule has 94 valence electrons. The molecule has 3 heteroatoms. The van der Waals surface area contributed by atoms with Crippen LogP contribution in [0.3, 0.4) is 0 Å². The van der Waals surface area contributed by atoms with Crippen molar-refractivity contribution in [3.05, 3.63) is 48.5 Å². The summed E-state index contributed by atoms with van der Waals surface area (Å²) in [4.78, 5) is 0. The number of rotatable bonds is 1. The molecule has 0 bridgehead atoms. The van der Waals surface area contributed by atoms with Gasteiger partial charge in [0.25, 0.3) is 0 Å². The molecular formula is C15H17BrN2. The fraction of sp³-hybridized carbons (Fsp3) is 0.200. The van der Waals surface area contributed by atoms with Crippen LogP contribution in [0.1, 0.15) is 6.92 Å². The molecule has 0 fully saturated rings. The Bertz CT molecular complexity index is 520. The second kappa shape index (κ2) is 4.75. The topological polar surface area (TPSA) is 12.0 Å². The van der Waals surface area contributed by atoms with Gasteiger partial charge in [-0.15, -0.1) is 0 Å². The first-order valence-electron chi connectivity index (χ1n) is 6.07. The summed E-state index contributed by atoms with van der Waals surface area (Å²) in [6.45, 7) is 3.29. The van der Waals surface area contributed by atoms with E-state index < -0.39 is 0 Å². The van der Waals surface area contributed by atoms with Crippen molar-refractivity contribution in [2.24, 2.45) is 0 Å². The Morgan fingerprint density at radius 1 is 0.889 bits per heavy atom. The van der Waals surface area contributed by atoms with E-state index in [9.17, 15) is 0 Å². The number of nitrogens with one attached hydrogen (secondary N) is 1. The number of hydrogen-bond donors (Lipinski definition) is 1. The van der Waals surface area contributed by atoms with Crippen LogP contribution in [0.2, 0.25) is 0 Å². The molecule has 0 aliphatic carbocycles. The molecule has 2 aromatic carbocycles. The van der Waals surface area contributed by atoms with Crippen LogP contribution in [0, 0.1) is 0 Å². The third kappa shape index (κ3) is 1.74. The maximum absolute atomic E-state index is 3.51. The van der Waals surface area contributed by atoms with Crippen molar-refractivity contribution in [1.29, 1.82) is 0 Å². The Kier molecular flexibility index (Phi) is 3.46. The Balaban J connectivity index is 0.00000120. The Labute approximate surface area is 119 Å². The van der Waals surface area contributed by atoms with Gasteiger partial charge in [-0.3, -0.25) is 4.48 Å². The molecule has 2 aromatic rings. The minimum Gasteiger partial charge on any atom is -1.00 e. The highest BCUT2D eigenvalue weighted by Gasteiger charge is 2.35. The number of halogens is 1. The van der Waals surface area contributed by atoms with Crippen molar-refractivity contribution in [2.75, 3.05) is 18.9 Å². The lowest BCUT2D eigenvalue weighted by molar-refractivity contribution is -0.00000339. The number of nitrogens with zero attached hydrogens (tertiary/aromatic N) is 1. The van der Waals surface area contributed by atoms with Crippen LogP contribution in [0.25, 0.3) is 0 Å². The molecule has 1 aliphatic heterocycles. The molecule has 0 saturated carbocycles. The summed E-state index contributed by atoms with van der Waals surface area (Å²) < 4.78 is 0.860. The van der Waals surface area contributed by atoms with Gasteiger partial charge in [0.1, 0.15) is 11.4 Å². The summed E-state index contributed by atoms with van der Waals surface area (Å²) >= 11 is 0. The Morgan fingerprint density at radius 3 is 1.78 bits per heavy atom. The van der Waals surface area contributed by atoms with E-state index in [1.165, 1.54) is 22.7 Å². The van der Waals surface area contributed by atoms with Gasteiger partial charge in [0.2, 0.25) is 0 Å². The molecule has 3 rings (SSSR count). The number of anilines is 2. The predicted molar refractivity (Wildman–Crippen MR) is 74.1 cm³/mol.